The molecule has 0 unspecified atom stereocenters. The molecule has 16 heterocycles. The van der Waals surface area contributed by atoms with Crippen molar-refractivity contribution in [2.75, 3.05) is 0 Å². The van der Waals surface area contributed by atoms with Gasteiger partial charge in [0.25, 0.3) is 17.1 Å². The second kappa shape index (κ2) is 46.0. The van der Waals surface area contributed by atoms with Gasteiger partial charge in [-0.3, -0.25) is 0 Å². The van der Waals surface area contributed by atoms with Gasteiger partial charge < -0.3 is 24.5 Å². The largest absolute Gasteiger partial charge is 2.00 e. The molecule has 0 saturated carbocycles. The van der Waals surface area contributed by atoms with Crippen molar-refractivity contribution < 1.29 is 65.6 Å². The van der Waals surface area contributed by atoms with Crippen LogP contribution >= 0.6 is 0 Å². The Morgan fingerprint density at radius 3 is 0.846 bits per heavy atom. The summed E-state index contributed by atoms with van der Waals surface area (Å²) < 4.78 is 37.2. The average molecular weight is 1820 g/mol. The third-order valence-electron chi connectivity index (χ3n) is 21.9. The molecule has 0 spiro atoms. The Kier molecular flexibility index (Phi) is 33.1. The zero-order chi connectivity index (χ0) is 88.4. The van der Waals surface area contributed by atoms with Gasteiger partial charge in [0, 0.05) is 106 Å². The minimum atomic E-state index is -4.27. The molecule has 0 fully saturated rings. The summed E-state index contributed by atoms with van der Waals surface area (Å²) in [6, 6.07) is 57.1. The van der Waals surface area contributed by atoms with Crippen molar-refractivity contribution in [1.29, 1.82) is 0 Å². The minimum Gasteiger partial charge on any atom is -0.744 e. The molecule has 0 N–H and O–H groups in total. The quantitative estimate of drug-likeness (QED) is 0.0273. The van der Waals surface area contributed by atoms with Crippen LogP contribution < -0.4 is 33.6 Å². The molecule has 17 nitrogen and oxygen atoms in total. The zero-order valence-corrected chi connectivity index (χ0v) is 80.8. The van der Waals surface area contributed by atoms with Crippen LogP contribution in [0, 0.1) is 78.0 Å². The van der Waals surface area contributed by atoms with E-state index in [1.807, 2.05) is 230 Å². The summed E-state index contributed by atoms with van der Waals surface area (Å²) in [4.78, 5) is 55.0. The van der Waals surface area contributed by atoms with Crippen LogP contribution in [0.5, 0.6) is 0 Å². The molecule has 0 atom stereocenters. The molecule has 0 radical (unpaired) electrons. The molecule has 12 aromatic heterocycles. The molecule has 0 amide bonds. The van der Waals surface area contributed by atoms with Gasteiger partial charge in [-0.2, -0.15) is 13.7 Å². The van der Waals surface area contributed by atoms with E-state index in [1.165, 1.54) is 76.3 Å². The number of hydrogen-bond acceptors (Lipinski definition) is 10. The van der Waals surface area contributed by atoms with Gasteiger partial charge in [-0.1, -0.05) is 211 Å². The third-order valence-corrected chi connectivity index (χ3v) is 22.7. The van der Waals surface area contributed by atoms with Crippen LogP contribution in [0.2, 0.25) is 0 Å². The summed E-state index contributed by atoms with van der Waals surface area (Å²) in [5.41, 5.74) is 24.1. The molecule has 13 aromatic rings. The van der Waals surface area contributed by atoms with Crippen molar-refractivity contribution in [2.24, 2.45) is 21.1 Å². The van der Waals surface area contributed by atoms with E-state index in [2.05, 4.69) is 136 Å². The topological polar surface area (TPSA) is 215 Å². The van der Waals surface area contributed by atoms with Gasteiger partial charge >= 0.3 is 39.0 Å². The van der Waals surface area contributed by atoms with E-state index in [4.69, 9.17) is 39.9 Å². The Morgan fingerprint density at radius 1 is 0.300 bits per heavy atom. The van der Waals surface area contributed by atoms with Crippen LogP contribution in [-0.2, 0) is 83.1 Å². The van der Waals surface area contributed by atoms with E-state index in [0.717, 1.165) is 139 Å². The van der Waals surface area contributed by atoms with Gasteiger partial charge in [-0.15, -0.1) is 44.1 Å². The molecule has 0 aliphatic carbocycles. The number of pyridine rings is 6. The number of benzene rings is 1. The molecule has 4 aliphatic rings. The SMILES string of the molecule is CCCCCCCCCc1c2nc(c(C#Cc3cccc[n+]3C)c3ccc([n-]3)c(C#Cc3cccc[n+]3C)c3nc(c(C#Cc4cccc[n+]4C)c4ccc1[n-]4)C=C3)C=C2.CCCCCCCCCc1c2nc(c(C#Cc3ccccn3)c3ccc([n-]3)c(C#Cc3ccccn3)c3nc(c(C#Cc4ccccn4)c4ccc1[n-]4)C=C3)C=C2.Cc1ccc(S(=O)(=O)[O-])cc1.[Zn+2].[Zn+2]. The minimum absolute atomic E-state index is 0. The van der Waals surface area contributed by atoms with Gasteiger partial charge in [-0.05, 0) is 177 Å². The standard InChI is InChI=1S/C53H48N7.C50H39N7.C7H8O3S.2Zn/c1-5-6-7-8-9-10-11-21-42-46-28-30-48(54-46)43(25-22-39-18-12-15-36-58(39)2)50-32-34-52(56-50)45(27-24-41-20-14-17-38-60(41)4)53-35-33-51(57-53)44(49-31-29-47(42)55-49)26-23-40-19-13-16-37-59(40)3;1-2-3-4-5-6-7-8-18-39-43-25-27-45(54-43)40(22-19-36-15-9-12-33-51-36)47-29-31-49(56-47)42(24-21-38-17-11-14-35-53-38)50-32-30-48(57-50)41(46-28-26-44(39)55-46)23-20-37-16-10-13-34-52-37;1-6-2-4-7(5-3-6)11(8,9)10;;/h12-20,28-38H,5-11,21H2,1-4H3;9-17,25-35H,2-8,18H2,1H3;2-5H,1H3,(H,8,9,10);;/q+1;-2;;2*+2/p-1. The van der Waals surface area contributed by atoms with E-state index in [1.54, 1.807) is 30.7 Å². The molecule has 4 aliphatic heterocycles. The normalized spacial score (nSPS) is 11.1. The first-order valence-electron chi connectivity index (χ1n) is 43.5. The summed E-state index contributed by atoms with van der Waals surface area (Å²) in [6.45, 7) is 6.34. The summed E-state index contributed by atoms with van der Waals surface area (Å²) in [6.07, 6.45) is 46.2. The van der Waals surface area contributed by atoms with E-state index in [0.29, 0.717) is 73.0 Å². The fourth-order valence-corrected chi connectivity index (χ4v) is 15.3. The van der Waals surface area contributed by atoms with Crippen LogP contribution in [-0.4, -0.2) is 47.9 Å². The Labute approximate surface area is 786 Å². The first kappa shape index (κ1) is 93.5. The van der Waals surface area contributed by atoms with Crippen LogP contribution in [0.15, 0.2) is 224 Å². The van der Waals surface area contributed by atoms with E-state index < -0.39 is 10.1 Å². The smallest absolute Gasteiger partial charge is 0.744 e. The average Bonchev–Trinajstić information content (AvgIpc) is 1.64. The molecule has 20 heteroatoms. The van der Waals surface area contributed by atoms with Crippen LogP contribution in [0.4, 0.5) is 0 Å². The van der Waals surface area contributed by atoms with Gasteiger partial charge in [0.2, 0.25) is 0 Å². The van der Waals surface area contributed by atoms with Crippen LogP contribution in [0.25, 0.3) is 92.7 Å². The number of nitrogens with zero attached hydrogens (tertiary/aromatic N) is 14. The molecule has 1 aromatic carbocycles. The van der Waals surface area contributed by atoms with Crippen molar-refractivity contribution in [2.45, 2.75) is 128 Å². The zero-order valence-electron chi connectivity index (χ0n) is 74.0. The van der Waals surface area contributed by atoms with E-state index >= 15 is 0 Å². The molecule has 0 saturated heterocycles. The molecular formula is C110H94N14O3SZn2+2. The van der Waals surface area contributed by atoms with Crippen LogP contribution in [0.3, 0.4) is 0 Å². The summed E-state index contributed by atoms with van der Waals surface area (Å²) in [5.74, 6) is 40.5. The Bertz CT molecular complexity index is 7240. The van der Waals surface area contributed by atoms with Gasteiger partial charge in [0.15, 0.2) is 18.6 Å². The van der Waals surface area contributed by atoms with Gasteiger partial charge in [-0.25, -0.2) is 43.3 Å². The fourth-order valence-electron chi connectivity index (χ4n) is 14.8. The van der Waals surface area contributed by atoms with Crippen molar-refractivity contribution in [3.8, 4) is 71.0 Å². The van der Waals surface area contributed by atoms with Crippen molar-refractivity contribution in [3.63, 3.8) is 0 Å². The summed E-state index contributed by atoms with van der Waals surface area (Å²) >= 11 is 0. The fraction of sp³-hybridized carbons (Fsp3) is 0.200. The van der Waals surface area contributed by atoms with Gasteiger partial charge in [0.1, 0.15) is 48.3 Å². The predicted molar refractivity (Wildman–Crippen MR) is 508 cm³/mol. The monoisotopic (exact) mass is 1820 g/mol. The number of fused-ring (bicyclic) bond motifs is 16. The molecule has 17 rings (SSSR count). The molecule has 130 heavy (non-hydrogen) atoms. The van der Waals surface area contributed by atoms with Gasteiger partial charge in [0.05, 0.1) is 50.4 Å². The Morgan fingerprint density at radius 2 is 0.562 bits per heavy atom. The van der Waals surface area contributed by atoms with Crippen molar-refractivity contribution in [1.82, 2.24) is 54.8 Å². The second-order valence-electron chi connectivity index (χ2n) is 31.2. The van der Waals surface area contributed by atoms with Crippen molar-refractivity contribution >= 4 is 103 Å². The first-order valence-corrected chi connectivity index (χ1v) is 44.9. The first-order chi connectivity index (χ1) is 62.7. The number of aromatic nitrogens is 14. The third kappa shape index (κ3) is 24.6. The second-order valence-corrected chi connectivity index (χ2v) is 32.6. The predicted octanol–water partition coefficient (Wildman–Crippen LogP) is 18.4. The molecule has 630 valence electrons. The molecular weight excluding hydrogens is 1730 g/mol. The number of unbranched alkanes of at least 4 members (excludes halogenated alkanes) is 12. The maximum atomic E-state index is 10.4. The molecule has 16 bridgehead atoms. The number of rotatable bonds is 17. The Hall–Kier alpha value is -14.2. The summed E-state index contributed by atoms with van der Waals surface area (Å²) in [7, 11) is 1.72. The van der Waals surface area contributed by atoms with Crippen LogP contribution in [0.1, 0.15) is 234 Å². The van der Waals surface area contributed by atoms with Crippen molar-refractivity contribution in [3.05, 3.63) is 349 Å². The number of hydrogen-bond donors (Lipinski definition) is 0. The Balaban J connectivity index is 0.000000195. The summed E-state index contributed by atoms with van der Waals surface area (Å²) in [5, 5.41) is 0. The maximum Gasteiger partial charge on any atom is 2.00 e. The maximum absolute atomic E-state index is 10.4. The number of aryl methyl sites for hydroxylation is 6. The van der Waals surface area contributed by atoms with E-state index in [9.17, 15) is 13.0 Å². The van der Waals surface area contributed by atoms with E-state index in [-0.39, 0.29) is 43.9 Å².